The van der Waals surface area contributed by atoms with E-state index in [0.717, 1.165) is 25.3 Å². The van der Waals surface area contributed by atoms with Gasteiger partial charge in [-0.1, -0.05) is 0 Å². The molecule has 1 fully saturated rings. The summed E-state index contributed by atoms with van der Waals surface area (Å²) in [7, 11) is 0. The summed E-state index contributed by atoms with van der Waals surface area (Å²) in [6, 6.07) is 3.27. The Hall–Kier alpha value is -1.16. The smallest absolute Gasteiger partial charge is 0.149 e. The van der Waals surface area contributed by atoms with Gasteiger partial charge < -0.3 is 10.4 Å². The van der Waals surface area contributed by atoms with Gasteiger partial charge in [0.2, 0.25) is 0 Å². The molecular formula is C11H13F2NO. The van der Waals surface area contributed by atoms with Crippen LogP contribution >= 0.6 is 0 Å². The summed E-state index contributed by atoms with van der Waals surface area (Å²) < 4.78 is 25.9. The Labute approximate surface area is 86.9 Å². The SMILES string of the molecule is O[C@H]1CCC[C@@H]1Nc1ccc(F)cc1F. The topological polar surface area (TPSA) is 32.3 Å². The van der Waals surface area contributed by atoms with Gasteiger partial charge in [0.05, 0.1) is 17.8 Å². The van der Waals surface area contributed by atoms with Gasteiger partial charge in [-0.15, -0.1) is 0 Å². The highest BCUT2D eigenvalue weighted by Crippen LogP contribution is 2.24. The highest BCUT2D eigenvalue weighted by molar-refractivity contribution is 5.46. The standard InChI is InChI=1S/C11H13F2NO/c12-7-4-5-9(8(13)6-7)14-10-2-1-3-11(10)15/h4-6,10-11,14-15H,1-3H2/t10-,11-/m0/s1. The van der Waals surface area contributed by atoms with Gasteiger partial charge in [-0.2, -0.15) is 0 Å². The zero-order chi connectivity index (χ0) is 10.8. The van der Waals surface area contributed by atoms with Gasteiger partial charge >= 0.3 is 0 Å². The molecule has 0 unspecified atom stereocenters. The molecule has 0 radical (unpaired) electrons. The Morgan fingerprint density at radius 3 is 2.67 bits per heavy atom. The van der Waals surface area contributed by atoms with Crippen LogP contribution in [0.4, 0.5) is 14.5 Å². The molecule has 82 valence electrons. The molecule has 4 heteroatoms. The Balaban J connectivity index is 2.10. The van der Waals surface area contributed by atoms with E-state index in [4.69, 9.17) is 0 Å². The molecule has 0 heterocycles. The molecule has 0 amide bonds. The second kappa shape index (κ2) is 4.14. The molecule has 1 aliphatic carbocycles. The first-order valence-corrected chi connectivity index (χ1v) is 5.06. The minimum absolute atomic E-state index is 0.120. The fourth-order valence-electron chi connectivity index (χ4n) is 1.92. The van der Waals surface area contributed by atoms with E-state index < -0.39 is 17.7 Å². The summed E-state index contributed by atoms with van der Waals surface area (Å²) in [5.74, 6) is -1.21. The third-order valence-electron chi connectivity index (χ3n) is 2.75. The van der Waals surface area contributed by atoms with Crippen LogP contribution in [0.15, 0.2) is 18.2 Å². The molecule has 15 heavy (non-hydrogen) atoms. The second-order valence-electron chi connectivity index (χ2n) is 3.87. The highest BCUT2D eigenvalue weighted by atomic mass is 19.1. The van der Waals surface area contributed by atoms with Gasteiger partial charge in [0.15, 0.2) is 0 Å². The average molecular weight is 213 g/mol. The maximum atomic E-state index is 13.2. The van der Waals surface area contributed by atoms with Crippen LogP contribution in [-0.4, -0.2) is 17.3 Å². The van der Waals surface area contributed by atoms with Crippen LogP contribution in [0.1, 0.15) is 19.3 Å². The molecule has 0 spiro atoms. The Morgan fingerprint density at radius 1 is 1.27 bits per heavy atom. The van der Waals surface area contributed by atoms with Crippen molar-refractivity contribution in [3.05, 3.63) is 29.8 Å². The fourth-order valence-corrected chi connectivity index (χ4v) is 1.92. The molecule has 2 rings (SSSR count). The molecular weight excluding hydrogens is 200 g/mol. The van der Waals surface area contributed by atoms with E-state index in [2.05, 4.69) is 5.32 Å². The normalized spacial score (nSPS) is 25.5. The van der Waals surface area contributed by atoms with Crippen molar-refractivity contribution in [1.82, 2.24) is 0 Å². The summed E-state index contributed by atoms with van der Waals surface area (Å²) in [4.78, 5) is 0. The van der Waals surface area contributed by atoms with Gasteiger partial charge in [-0.25, -0.2) is 8.78 Å². The molecule has 2 N–H and O–H groups in total. The van der Waals surface area contributed by atoms with Crippen molar-refractivity contribution in [2.24, 2.45) is 0 Å². The minimum atomic E-state index is -0.617. The third-order valence-corrected chi connectivity index (χ3v) is 2.75. The third kappa shape index (κ3) is 2.26. The van der Waals surface area contributed by atoms with Crippen molar-refractivity contribution in [2.45, 2.75) is 31.4 Å². The lowest BCUT2D eigenvalue weighted by Gasteiger charge is -2.18. The lowest BCUT2D eigenvalue weighted by Crippen LogP contribution is -2.28. The summed E-state index contributed by atoms with van der Waals surface area (Å²) in [5, 5.41) is 12.4. The van der Waals surface area contributed by atoms with E-state index in [9.17, 15) is 13.9 Å². The number of anilines is 1. The average Bonchev–Trinajstić information content (AvgIpc) is 2.57. The molecule has 0 bridgehead atoms. The van der Waals surface area contributed by atoms with E-state index in [1.165, 1.54) is 12.1 Å². The van der Waals surface area contributed by atoms with Crippen molar-refractivity contribution in [3.8, 4) is 0 Å². The zero-order valence-electron chi connectivity index (χ0n) is 8.21. The van der Waals surface area contributed by atoms with E-state index >= 15 is 0 Å². The number of benzene rings is 1. The number of hydrogen-bond donors (Lipinski definition) is 2. The van der Waals surface area contributed by atoms with E-state index in [-0.39, 0.29) is 11.7 Å². The number of hydrogen-bond acceptors (Lipinski definition) is 2. The Bertz CT molecular complexity index is 356. The van der Waals surface area contributed by atoms with E-state index in [0.29, 0.717) is 0 Å². The van der Waals surface area contributed by atoms with Crippen LogP contribution in [0.5, 0.6) is 0 Å². The van der Waals surface area contributed by atoms with Gasteiger partial charge in [-0.05, 0) is 31.4 Å². The Morgan fingerprint density at radius 2 is 2.07 bits per heavy atom. The predicted molar refractivity (Wildman–Crippen MR) is 53.6 cm³/mol. The summed E-state index contributed by atoms with van der Waals surface area (Å²) >= 11 is 0. The van der Waals surface area contributed by atoms with E-state index in [1.54, 1.807) is 0 Å². The van der Waals surface area contributed by atoms with Crippen LogP contribution < -0.4 is 5.32 Å². The molecule has 0 aromatic heterocycles. The largest absolute Gasteiger partial charge is 0.391 e. The van der Waals surface area contributed by atoms with Crippen LogP contribution in [0, 0.1) is 11.6 Å². The molecule has 1 saturated carbocycles. The Kier molecular flexibility index (Phi) is 2.86. The maximum absolute atomic E-state index is 13.2. The van der Waals surface area contributed by atoms with Crippen LogP contribution in [-0.2, 0) is 0 Å². The van der Waals surface area contributed by atoms with Gasteiger partial charge in [0.1, 0.15) is 11.6 Å². The molecule has 2 nitrogen and oxygen atoms in total. The molecule has 0 saturated heterocycles. The predicted octanol–water partition coefficient (Wildman–Crippen LogP) is 2.29. The molecule has 1 aromatic rings. The summed E-state index contributed by atoms with van der Waals surface area (Å²) in [6.45, 7) is 0. The quantitative estimate of drug-likeness (QED) is 0.790. The molecule has 0 aliphatic heterocycles. The fraction of sp³-hybridized carbons (Fsp3) is 0.455. The van der Waals surface area contributed by atoms with Crippen molar-refractivity contribution in [1.29, 1.82) is 0 Å². The monoisotopic (exact) mass is 213 g/mol. The second-order valence-corrected chi connectivity index (χ2v) is 3.87. The van der Waals surface area contributed by atoms with Crippen molar-refractivity contribution < 1.29 is 13.9 Å². The van der Waals surface area contributed by atoms with Gasteiger partial charge in [0.25, 0.3) is 0 Å². The van der Waals surface area contributed by atoms with E-state index in [1.807, 2.05) is 0 Å². The number of nitrogens with one attached hydrogen (secondary N) is 1. The molecule has 2 atom stereocenters. The lowest BCUT2D eigenvalue weighted by atomic mass is 10.2. The van der Waals surface area contributed by atoms with Gasteiger partial charge in [-0.3, -0.25) is 0 Å². The molecule has 1 aliphatic rings. The van der Waals surface area contributed by atoms with Gasteiger partial charge in [0, 0.05) is 6.07 Å². The number of rotatable bonds is 2. The molecule has 1 aromatic carbocycles. The van der Waals surface area contributed by atoms with Crippen LogP contribution in [0.2, 0.25) is 0 Å². The first-order chi connectivity index (χ1) is 7.16. The number of halogens is 2. The minimum Gasteiger partial charge on any atom is -0.391 e. The summed E-state index contributed by atoms with van der Waals surface area (Å²) in [5.41, 5.74) is 0.252. The summed E-state index contributed by atoms with van der Waals surface area (Å²) in [6.07, 6.45) is 2.05. The zero-order valence-corrected chi connectivity index (χ0v) is 8.21. The van der Waals surface area contributed by atoms with Crippen LogP contribution in [0.3, 0.4) is 0 Å². The maximum Gasteiger partial charge on any atom is 0.149 e. The first-order valence-electron chi connectivity index (χ1n) is 5.06. The number of aliphatic hydroxyl groups excluding tert-OH is 1. The van der Waals surface area contributed by atoms with Crippen LogP contribution in [0.25, 0.3) is 0 Å². The van der Waals surface area contributed by atoms with Crippen molar-refractivity contribution in [2.75, 3.05) is 5.32 Å². The highest BCUT2D eigenvalue weighted by Gasteiger charge is 2.25. The first kappa shape index (κ1) is 10.4. The number of aliphatic hydroxyl groups is 1. The van der Waals surface area contributed by atoms with Crippen molar-refractivity contribution in [3.63, 3.8) is 0 Å². The van der Waals surface area contributed by atoms with Crippen molar-refractivity contribution >= 4 is 5.69 Å². The lowest BCUT2D eigenvalue weighted by molar-refractivity contribution is 0.171.